The summed E-state index contributed by atoms with van der Waals surface area (Å²) in [5.41, 5.74) is 8.11. The number of nitrogens with zero attached hydrogens (tertiary/aromatic N) is 2. The van der Waals surface area contributed by atoms with Crippen LogP contribution in [0.25, 0.3) is 0 Å². The maximum absolute atomic E-state index is 11.9. The fourth-order valence-corrected chi connectivity index (χ4v) is 1.90. The van der Waals surface area contributed by atoms with Crippen molar-refractivity contribution in [1.82, 2.24) is 9.88 Å². The molecule has 1 aliphatic heterocycles. The van der Waals surface area contributed by atoms with Crippen molar-refractivity contribution in [3.05, 3.63) is 29.1 Å². The summed E-state index contributed by atoms with van der Waals surface area (Å²) in [4.78, 5) is 17.9. The Morgan fingerprint density at radius 2 is 2.11 bits per heavy atom. The predicted octanol–water partition coefficient (Wildman–Crippen LogP) is 1.79. The van der Waals surface area contributed by atoms with E-state index in [1.807, 2.05) is 26.8 Å². The van der Waals surface area contributed by atoms with Crippen LogP contribution in [-0.2, 0) is 24.4 Å². The molecular formula is C13H19N3O2. The third-order valence-corrected chi connectivity index (χ3v) is 2.72. The zero-order valence-corrected chi connectivity index (χ0v) is 11.1. The highest BCUT2D eigenvalue weighted by molar-refractivity contribution is 5.69. The van der Waals surface area contributed by atoms with Gasteiger partial charge < -0.3 is 10.5 Å². The van der Waals surface area contributed by atoms with E-state index >= 15 is 0 Å². The van der Waals surface area contributed by atoms with Gasteiger partial charge in [0, 0.05) is 19.3 Å². The van der Waals surface area contributed by atoms with E-state index in [1.165, 1.54) is 0 Å². The van der Waals surface area contributed by atoms with E-state index in [1.54, 1.807) is 11.1 Å². The Kier molecular flexibility index (Phi) is 3.26. The van der Waals surface area contributed by atoms with E-state index < -0.39 is 5.60 Å². The van der Waals surface area contributed by atoms with Crippen molar-refractivity contribution < 1.29 is 9.53 Å². The average molecular weight is 249 g/mol. The number of hydrogen-bond donors (Lipinski definition) is 1. The summed E-state index contributed by atoms with van der Waals surface area (Å²) in [5, 5.41) is 0. The molecule has 0 bridgehead atoms. The SMILES string of the molecule is CC(C)(C)OC(=O)N1Cc2cnc(CN)cc2C1. The second kappa shape index (κ2) is 4.57. The number of ether oxygens (including phenoxy) is 1. The molecule has 0 radical (unpaired) electrons. The van der Waals surface area contributed by atoms with Gasteiger partial charge >= 0.3 is 6.09 Å². The lowest BCUT2D eigenvalue weighted by atomic mass is 10.1. The maximum atomic E-state index is 11.9. The van der Waals surface area contributed by atoms with Gasteiger partial charge in [0.25, 0.3) is 0 Å². The molecule has 1 aromatic heterocycles. The Morgan fingerprint density at radius 1 is 1.44 bits per heavy atom. The minimum atomic E-state index is -0.466. The van der Waals surface area contributed by atoms with Crippen LogP contribution in [0.1, 0.15) is 37.6 Å². The summed E-state index contributed by atoms with van der Waals surface area (Å²) in [6, 6.07) is 1.96. The van der Waals surface area contributed by atoms with Crippen molar-refractivity contribution in [2.24, 2.45) is 5.73 Å². The maximum Gasteiger partial charge on any atom is 0.410 e. The second-order valence-corrected chi connectivity index (χ2v) is 5.48. The van der Waals surface area contributed by atoms with Crippen LogP contribution in [-0.4, -0.2) is 21.6 Å². The molecule has 0 saturated carbocycles. The molecule has 0 fully saturated rings. The molecule has 1 amide bonds. The molecule has 0 atom stereocenters. The first-order valence-corrected chi connectivity index (χ1v) is 6.04. The Balaban J connectivity index is 2.08. The minimum absolute atomic E-state index is 0.284. The van der Waals surface area contributed by atoms with Crippen molar-refractivity contribution in [2.75, 3.05) is 0 Å². The molecule has 5 heteroatoms. The number of carbonyl (C=O) groups is 1. The van der Waals surface area contributed by atoms with Crippen LogP contribution in [0, 0.1) is 0 Å². The van der Waals surface area contributed by atoms with E-state index in [2.05, 4.69) is 4.98 Å². The zero-order chi connectivity index (χ0) is 13.3. The summed E-state index contributed by atoms with van der Waals surface area (Å²) in [5.74, 6) is 0. The summed E-state index contributed by atoms with van der Waals surface area (Å²) in [7, 11) is 0. The monoisotopic (exact) mass is 249 g/mol. The first-order chi connectivity index (χ1) is 8.39. The van der Waals surface area contributed by atoms with Gasteiger partial charge in [-0.1, -0.05) is 0 Å². The van der Waals surface area contributed by atoms with E-state index in [0.29, 0.717) is 19.6 Å². The Hall–Kier alpha value is -1.62. The second-order valence-electron chi connectivity index (χ2n) is 5.48. The molecular weight excluding hydrogens is 230 g/mol. The van der Waals surface area contributed by atoms with Gasteiger partial charge in [0.05, 0.1) is 12.2 Å². The van der Waals surface area contributed by atoms with Crippen LogP contribution in [0.5, 0.6) is 0 Å². The number of aromatic nitrogens is 1. The van der Waals surface area contributed by atoms with Crippen LogP contribution in [0.2, 0.25) is 0 Å². The molecule has 98 valence electrons. The smallest absolute Gasteiger partial charge is 0.410 e. The molecule has 2 N–H and O–H groups in total. The standard InChI is InChI=1S/C13H19N3O2/c1-13(2,3)18-12(17)16-7-9-4-11(5-14)15-6-10(9)8-16/h4,6H,5,7-8,14H2,1-3H3. The number of pyridine rings is 1. The highest BCUT2D eigenvalue weighted by atomic mass is 16.6. The number of amides is 1. The molecule has 18 heavy (non-hydrogen) atoms. The first-order valence-electron chi connectivity index (χ1n) is 6.04. The summed E-state index contributed by atoms with van der Waals surface area (Å²) in [6.07, 6.45) is 1.51. The van der Waals surface area contributed by atoms with Crippen LogP contribution >= 0.6 is 0 Å². The molecule has 0 spiro atoms. The molecule has 0 saturated heterocycles. The number of fused-ring (bicyclic) bond motifs is 1. The summed E-state index contributed by atoms with van der Waals surface area (Å²) in [6.45, 7) is 7.13. The lowest BCUT2D eigenvalue weighted by Crippen LogP contribution is -2.33. The average Bonchev–Trinajstić information content (AvgIpc) is 2.69. The zero-order valence-electron chi connectivity index (χ0n) is 11.1. The molecule has 0 aliphatic carbocycles. The van der Waals surface area contributed by atoms with E-state index in [4.69, 9.17) is 10.5 Å². The summed E-state index contributed by atoms with van der Waals surface area (Å²) < 4.78 is 5.35. The highest BCUT2D eigenvalue weighted by Gasteiger charge is 2.27. The third-order valence-electron chi connectivity index (χ3n) is 2.72. The number of carbonyl (C=O) groups excluding carboxylic acids is 1. The van der Waals surface area contributed by atoms with E-state index in [9.17, 15) is 4.79 Å². The van der Waals surface area contributed by atoms with Gasteiger partial charge in [0.2, 0.25) is 0 Å². The van der Waals surface area contributed by atoms with Gasteiger partial charge in [-0.3, -0.25) is 9.88 Å². The Bertz CT molecular complexity index is 466. The quantitative estimate of drug-likeness (QED) is 0.824. The lowest BCUT2D eigenvalue weighted by Gasteiger charge is -2.24. The predicted molar refractivity (Wildman–Crippen MR) is 67.6 cm³/mol. The normalized spacial score (nSPS) is 14.6. The summed E-state index contributed by atoms with van der Waals surface area (Å²) >= 11 is 0. The van der Waals surface area contributed by atoms with E-state index in [0.717, 1.165) is 16.8 Å². The van der Waals surface area contributed by atoms with Gasteiger partial charge in [-0.15, -0.1) is 0 Å². The molecule has 0 aromatic carbocycles. The van der Waals surface area contributed by atoms with Crippen molar-refractivity contribution in [2.45, 2.75) is 46.0 Å². The van der Waals surface area contributed by atoms with Crippen molar-refractivity contribution in [1.29, 1.82) is 0 Å². The van der Waals surface area contributed by atoms with Gasteiger partial charge in [-0.2, -0.15) is 0 Å². The van der Waals surface area contributed by atoms with Gasteiger partial charge in [0.15, 0.2) is 0 Å². The fraction of sp³-hybridized carbons (Fsp3) is 0.538. The van der Waals surface area contributed by atoms with Gasteiger partial charge in [0.1, 0.15) is 5.60 Å². The molecule has 5 nitrogen and oxygen atoms in total. The Labute approximate surface area is 107 Å². The van der Waals surface area contributed by atoms with Gasteiger partial charge in [-0.05, 0) is 38.0 Å². The number of hydrogen-bond acceptors (Lipinski definition) is 4. The third kappa shape index (κ3) is 2.79. The Morgan fingerprint density at radius 3 is 2.72 bits per heavy atom. The largest absolute Gasteiger partial charge is 0.444 e. The molecule has 2 rings (SSSR count). The van der Waals surface area contributed by atoms with Crippen LogP contribution in [0.3, 0.4) is 0 Å². The minimum Gasteiger partial charge on any atom is -0.444 e. The van der Waals surface area contributed by atoms with Gasteiger partial charge in [-0.25, -0.2) is 4.79 Å². The van der Waals surface area contributed by atoms with Crippen LogP contribution < -0.4 is 5.73 Å². The number of rotatable bonds is 1. The molecule has 2 heterocycles. The fourth-order valence-electron chi connectivity index (χ4n) is 1.90. The van der Waals surface area contributed by atoms with Crippen molar-refractivity contribution in [3.8, 4) is 0 Å². The van der Waals surface area contributed by atoms with Crippen molar-refractivity contribution >= 4 is 6.09 Å². The highest BCUT2D eigenvalue weighted by Crippen LogP contribution is 2.24. The molecule has 1 aliphatic rings. The lowest BCUT2D eigenvalue weighted by molar-refractivity contribution is 0.0242. The first kappa shape index (κ1) is 12.8. The van der Waals surface area contributed by atoms with Crippen LogP contribution in [0.15, 0.2) is 12.3 Å². The number of nitrogens with two attached hydrogens (primary N) is 1. The molecule has 1 aromatic rings. The van der Waals surface area contributed by atoms with E-state index in [-0.39, 0.29) is 6.09 Å². The topological polar surface area (TPSA) is 68.5 Å². The van der Waals surface area contributed by atoms with Crippen LogP contribution in [0.4, 0.5) is 4.79 Å². The molecule has 0 unspecified atom stereocenters. The van der Waals surface area contributed by atoms with Crippen molar-refractivity contribution in [3.63, 3.8) is 0 Å².